The fourth-order valence-corrected chi connectivity index (χ4v) is 5.29. The molecular weight excluding hydrogens is 322 g/mol. The Morgan fingerprint density at radius 1 is 1.08 bits per heavy atom. The summed E-state index contributed by atoms with van der Waals surface area (Å²) >= 11 is 0. The maximum absolute atomic E-state index is 13.2. The van der Waals surface area contributed by atoms with Crippen molar-refractivity contribution < 1.29 is 13.2 Å². The van der Waals surface area contributed by atoms with Crippen LogP contribution in [0, 0.1) is 13.8 Å². The summed E-state index contributed by atoms with van der Waals surface area (Å²) in [7, 11) is -1.88. The van der Waals surface area contributed by atoms with Gasteiger partial charge in [0.1, 0.15) is 5.75 Å². The van der Waals surface area contributed by atoms with Crippen LogP contribution in [-0.2, 0) is 10.0 Å². The van der Waals surface area contributed by atoms with Gasteiger partial charge in [-0.05, 0) is 61.6 Å². The van der Waals surface area contributed by atoms with Gasteiger partial charge >= 0.3 is 0 Å². The van der Waals surface area contributed by atoms with E-state index in [0.717, 1.165) is 35.3 Å². The predicted octanol–water partition coefficient (Wildman–Crippen LogP) is 3.84. The Kier molecular flexibility index (Phi) is 4.65. The van der Waals surface area contributed by atoms with Gasteiger partial charge in [-0.25, -0.2) is 8.42 Å². The van der Waals surface area contributed by atoms with Crippen LogP contribution < -0.4 is 4.74 Å². The molecule has 24 heavy (non-hydrogen) atoms. The van der Waals surface area contributed by atoms with Crippen molar-refractivity contribution in [3.05, 3.63) is 59.2 Å². The normalized spacial score (nSPS) is 18.7. The first-order valence-corrected chi connectivity index (χ1v) is 9.60. The second-order valence-corrected chi connectivity index (χ2v) is 8.17. The van der Waals surface area contributed by atoms with E-state index in [-0.39, 0.29) is 6.04 Å². The molecule has 0 saturated carbocycles. The molecule has 1 saturated heterocycles. The van der Waals surface area contributed by atoms with Crippen LogP contribution in [0.2, 0.25) is 0 Å². The Bertz CT molecular complexity index is 828. The van der Waals surface area contributed by atoms with E-state index in [1.807, 2.05) is 50.2 Å². The van der Waals surface area contributed by atoms with Crippen LogP contribution in [0.5, 0.6) is 5.75 Å². The Hall–Kier alpha value is -1.85. The first-order chi connectivity index (χ1) is 11.4. The summed E-state index contributed by atoms with van der Waals surface area (Å²) in [5, 5.41) is 0. The maximum atomic E-state index is 13.2. The summed E-state index contributed by atoms with van der Waals surface area (Å²) in [5.74, 6) is 0.778. The number of aryl methyl sites for hydroxylation is 2. The molecule has 0 spiro atoms. The van der Waals surface area contributed by atoms with Crippen molar-refractivity contribution in [1.29, 1.82) is 0 Å². The molecule has 1 heterocycles. The Morgan fingerprint density at radius 3 is 2.46 bits per heavy atom. The molecule has 0 amide bonds. The van der Waals surface area contributed by atoms with Gasteiger partial charge in [0.2, 0.25) is 10.0 Å². The average Bonchev–Trinajstić information content (AvgIpc) is 3.07. The minimum Gasteiger partial charge on any atom is -0.497 e. The van der Waals surface area contributed by atoms with Gasteiger partial charge in [-0.15, -0.1) is 0 Å². The SMILES string of the molecule is COc1ccc([C@@H]2CCCN2S(=O)(=O)c2cc(C)ccc2C)cc1. The van der Waals surface area contributed by atoms with Crippen molar-refractivity contribution in [2.45, 2.75) is 37.6 Å². The highest BCUT2D eigenvalue weighted by Gasteiger charge is 2.36. The highest BCUT2D eigenvalue weighted by atomic mass is 32.2. The number of rotatable bonds is 4. The number of nitrogens with zero attached hydrogens (tertiary/aromatic N) is 1. The van der Waals surface area contributed by atoms with Crippen LogP contribution in [0.1, 0.15) is 35.6 Å². The fourth-order valence-electron chi connectivity index (χ4n) is 3.30. The molecule has 1 atom stereocenters. The Labute approximate surface area is 144 Å². The lowest BCUT2D eigenvalue weighted by molar-refractivity contribution is 0.394. The lowest BCUT2D eigenvalue weighted by atomic mass is 10.1. The molecular formula is C19H23NO3S. The van der Waals surface area contributed by atoms with Crippen molar-refractivity contribution in [1.82, 2.24) is 4.31 Å². The Balaban J connectivity index is 1.98. The molecule has 0 N–H and O–H groups in total. The zero-order chi connectivity index (χ0) is 17.3. The summed E-state index contributed by atoms with van der Waals surface area (Å²) in [5.41, 5.74) is 2.77. The molecule has 0 bridgehead atoms. The van der Waals surface area contributed by atoms with Crippen molar-refractivity contribution >= 4 is 10.0 Å². The molecule has 2 aromatic carbocycles. The summed E-state index contributed by atoms with van der Waals surface area (Å²) < 4.78 is 33.3. The Morgan fingerprint density at radius 2 is 1.79 bits per heavy atom. The van der Waals surface area contributed by atoms with E-state index in [0.29, 0.717) is 11.4 Å². The van der Waals surface area contributed by atoms with Crippen LogP contribution >= 0.6 is 0 Å². The smallest absolute Gasteiger partial charge is 0.243 e. The molecule has 2 aromatic rings. The zero-order valence-corrected chi connectivity index (χ0v) is 15.1. The van der Waals surface area contributed by atoms with Crippen molar-refractivity contribution in [2.24, 2.45) is 0 Å². The van der Waals surface area contributed by atoms with E-state index in [1.54, 1.807) is 17.5 Å². The molecule has 0 radical (unpaired) electrons. The lowest BCUT2D eigenvalue weighted by Gasteiger charge is -2.25. The number of methoxy groups -OCH3 is 1. The van der Waals surface area contributed by atoms with Gasteiger partial charge < -0.3 is 4.74 Å². The highest BCUT2D eigenvalue weighted by Crippen LogP contribution is 2.37. The number of hydrogen-bond acceptors (Lipinski definition) is 3. The van der Waals surface area contributed by atoms with E-state index in [2.05, 4.69) is 0 Å². The number of ether oxygens (including phenoxy) is 1. The predicted molar refractivity (Wildman–Crippen MR) is 94.8 cm³/mol. The van der Waals surface area contributed by atoms with Crippen molar-refractivity contribution in [3.63, 3.8) is 0 Å². The third-order valence-electron chi connectivity index (χ3n) is 4.63. The van der Waals surface area contributed by atoms with Gasteiger partial charge in [-0.2, -0.15) is 4.31 Å². The van der Waals surface area contributed by atoms with E-state index in [9.17, 15) is 8.42 Å². The zero-order valence-electron chi connectivity index (χ0n) is 14.3. The summed E-state index contributed by atoms with van der Waals surface area (Å²) in [6.45, 7) is 4.33. The minimum atomic E-state index is -3.50. The van der Waals surface area contributed by atoms with Crippen LogP contribution in [-0.4, -0.2) is 26.4 Å². The van der Waals surface area contributed by atoms with Crippen LogP contribution in [0.15, 0.2) is 47.4 Å². The van der Waals surface area contributed by atoms with Crippen LogP contribution in [0.4, 0.5) is 0 Å². The van der Waals surface area contributed by atoms with Gasteiger partial charge in [-0.3, -0.25) is 0 Å². The topological polar surface area (TPSA) is 46.6 Å². The first-order valence-electron chi connectivity index (χ1n) is 8.16. The van der Waals surface area contributed by atoms with E-state index < -0.39 is 10.0 Å². The minimum absolute atomic E-state index is 0.110. The second kappa shape index (κ2) is 6.57. The fraction of sp³-hybridized carbons (Fsp3) is 0.368. The van der Waals surface area contributed by atoms with Gasteiger partial charge in [-0.1, -0.05) is 24.3 Å². The molecule has 3 rings (SSSR count). The number of sulfonamides is 1. The van der Waals surface area contributed by atoms with Gasteiger partial charge in [0.05, 0.1) is 18.0 Å². The summed E-state index contributed by atoms with van der Waals surface area (Å²) in [6, 6.07) is 13.2. The van der Waals surface area contributed by atoms with E-state index in [1.165, 1.54) is 0 Å². The molecule has 1 aliphatic rings. The average molecular weight is 345 g/mol. The van der Waals surface area contributed by atoms with Crippen LogP contribution in [0.25, 0.3) is 0 Å². The molecule has 0 aromatic heterocycles. The standard InChI is InChI=1S/C19H23NO3S/c1-14-6-7-15(2)19(13-14)24(21,22)20-12-4-5-18(20)16-8-10-17(23-3)11-9-16/h6-11,13,18H,4-5,12H2,1-3H3/t18-/m0/s1. The molecule has 5 heteroatoms. The quantitative estimate of drug-likeness (QED) is 0.846. The lowest BCUT2D eigenvalue weighted by Crippen LogP contribution is -2.31. The number of benzene rings is 2. The van der Waals surface area contributed by atoms with Crippen LogP contribution in [0.3, 0.4) is 0 Å². The van der Waals surface area contributed by atoms with Gasteiger partial charge in [0.25, 0.3) is 0 Å². The van der Waals surface area contributed by atoms with E-state index >= 15 is 0 Å². The van der Waals surface area contributed by atoms with Gasteiger partial charge in [0, 0.05) is 6.54 Å². The third-order valence-corrected chi connectivity index (χ3v) is 6.68. The molecule has 128 valence electrons. The van der Waals surface area contributed by atoms with E-state index in [4.69, 9.17) is 4.74 Å². The first kappa shape index (κ1) is 17.0. The molecule has 4 nitrogen and oxygen atoms in total. The second-order valence-electron chi connectivity index (χ2n) is 6.32. The highest BCUT2D eigenvalue weighted by molar-refractivity contribution is 7.89. The number of hydrogen-bond donors (Lipinski definition) is 0. The maximum Gasteiger partial charge on any atom is 0.243 e. The third kappa shape index (κ3) is 3.06. The largest absolute Gasteiger partial charge is 0.497 e. The summed E-state index contributed by atoms with van der Waals surface area (Å²) in [6.07, 6.45) is 1.72. The monoisotopic (exact) mass is 345 g/mol. The van der Waals surface area contributed by atoms with Crippen molar-refractivity contribution in [3.8, 4) is 5.75 Å². The molecule has 1 fully saturated rings. The molecule has 0 aliphatic carbocycles. The van der Waals surface area contributed by atoms with Gasteiger partial charge in [0.15, 0.2) is 0 Å². The molecule has 1 aliphatic heterocycles. The molecule has 0 unspecified atom stereocenters. The summed E-state index contributed by atoms with van der Waals surface area (Å²) in [4.78, 5) is 0.419. The van der Waals surface area contributed by atoms with Crippen molar-refractivity contribution in [2.75, 3.05) is 13.7 Å².